The van der Waals surface area contributed by atoms with Crippen molar-refractivity contribution in [3.8, 4) is 0 Å². The Morgan fingerprint density at radius 1 is 0.580 bits per heavy atom. The highest BCUT2D eigenvalue weighted by Crippen LogP contribution is 2.28. The van der Waals surface area contributed by atoms with Gasteiger partial charge in [-0.05, 0) is 67.7 Å². The van der Waals surface area contributed by atoms with Crippen LogP contribution in [0.1, 0.15) is 75.7 Å². The minimum absolute atomic E-state index is 0.0286. The Hall–Kier alpha value is -9.64. The number of amides is 8. The van der Waals surface area contributed by atoms with E-state index >= 15 is 0 Å². The molecule has 0 aliphatic rings. The van der Waals surface area contributed by atoms with E-state index in [1.54, 1.807) is 70.2 Å². The molecule has 3 aromatic rings. The van der Waals surface area contributed by atoms with E-state index in [2.05, 4.69) is 57.8 Å². The van der Waals surface area contributed by atoms with E-state index in [-0.39, 0.29) is 99.5 Å². The first-order chi connectivity index (χ1) is 38.4. The number of guanidine groups is 2. The van der Waals surface area contributed by atoms with Crippen molar-refractivity contribution in [3.05, 3.63) is 104 Å². The third kappa shape index (κ3) is 23.9. The summed E-state index contributed by atoms with van der Waals surface area (Å²) in [4.78, 5) is 138. The van der Waals surface area contributed by atoms with E-state index in [9.17, 15) is 58.6 Å². The molecule has 81 heavy (non-hydrogen) atoms. The highest BCUT2D eigenvalue weighted by molar-refractivity contribution is 6.01. The zero-order chi connectivity index (χ0) is 60.2. The van der Waals surface area contributed by atoms with Crippen LogP contribution in [0, 0.1) is 32.1 Å². The van der Waals surface area contributed by atoms with Gasteiger partial charge in [0.25, 0.3) is 17.3 Å². The molecule has 0 fully saturated rings. The van der Waals surface area contributed by atoms with Gasteiger partial charge in [-0.1, -0.05) is 70.2 Å². The number of hydrogen-bond donors (Lipinski definition) is 14. The molecule has 0 aliphatic carbocycles. The molecule has 3 aromatic carbocycles. The maximum atomic E-state index is 14.4. The zero-order valence-electron chi connectivity index (χ0n) is 45.5. The normalized spacial score (nSPS) is 12.6. The summed E-state index contributed by atoms with van der Waals surface area (Å²) in [6.07, 6.45) is 0.121. The van der Waals surface area contributed by atoms with Crippen LogP contribution >= 0.6 is 0 Å². The number of carbonyl (C=O) groups is 8. The maximum absolute atomic E-state index is 14.4. The number of nitro benzene ring substituents is 2. The second-order valence-corrected chi connectivity index (χ2v) is 19.2. The summed E-state index contributed by atoms with van der Waals surface area (Å²) in [7, 11) is 0. The SMILES string of the molecule is CC(C)C[C@H](NC(=O)[C@@H](Cc1ccccc1)NC(=O)CNC(=O)CNC(=O)c1ccccc1N)C(=O)N[C@@H](CCCN=C(N)N)C(=O)N[C@@H](CCCN=C(N)N)C(=O)N[C@H](C(=O)NCCNc1ccc([N+](=O)[O-])cc1[N+](=O)[O-])C(C)C. The van der Waals surface area contributed by atoms with Gasteiger partial charge in [0.1, 0.15) is 35.9 Å². The fourth-order valence-corrected chi connectivity index (χ4v) is 7.79. The van der Waals surface area contributed by atoms with Gasteiger partial charge in [0, 0.05) is 44.4 Å². The van der Waals surface area contributed by atoms with Crippen molar-refractivity contribution < 1.29 is 48.2 Å². The molecular weight excluding hydrogens is 1060 g/mol. The number of rotatable bonds is 34. The van der Waals surface area contributed by atoms with Crippen molar-refractivity contribution in [2.24, 2.45) is 44.8 Å². The van der Waals surface area contributed by atoms with Crippen LogP contribution in [-0.4, -0.2) is 139 Å². The minimum Gasteiger partial charge on any atom is -0.398 e. The van der Waals surface area contributed by atoms with Gasteiger partial charge in [-0.2, -0.15) is 0 Å². The van der Waals surface area contributed by atoms with E-state index in [0.29, 0.717) is 5.56 Å². The topological polar surface area (TPSA) is 486 Å². The largest absolute Gasteiger partial charge is 0.398 e. The highest BCUT2D eigenvalue weighted by Gasteiger charge is 2.34. The lowest BCUT2D eigenvalue weighted by atomic mass is 10.00. The molecule has 0 saturated heterocycles. The predicted octanol–water partition coefficient (Wildman–Crippen LogP) is -1.36. The minimum atomic E-state index is -1.38. The molecule has 0 radical (unpaired) electrons. The summed E-state index contributed by atoms with van der Waals surface area (Å²) < 4.78 is 0. The molecular formula is C51H74N18O12. The third-order valence-electron chi connectivity index (χ3n) is 11.9. The number of aliphatic imine (C=N–C) groups is 2. The molecule has 0 heterocycles. The standard InChI is InChI=1S/C51H74N18O12/c1-29(2)24-38(66-48(76)39(25-31-12-6-5-7-13-31)63-42(71)28-61-41(70)27-62-44(72)33-14-8-9-15-34(33)52)47(75)65-36(16-10-20-59-50(53)54)45(73)64-37(17-11-21-60-51(55)56)46(74)67-43(30(3)4)49(77)58-23-22-57-35-19-18-32(68(78)79)26-40(35)69(80)81/h5-9,12-15,18-19,26,29-30,36-39,43,57H,10-11,16-17,20-25,27-28,52H2,1-4H3,(H,58,77)(H,61,70)(H,62,72)(H,63,71)(H,64,73)(H,65,75)(H,66,76)(H,67,74)(H4,53,54,59)(H4,55,56,60)/t36-,37-,38-,39+,43-/m0/s1. The fraction of sp³-hybridized carbons (Fsp3) is 0.451. The second kappa shape index (κ2) is 33.6. The van der Waals surface area contributed by atoms with Crippen LogP contribution in [-0.2, 0) is 40.0 Å². The van der Waals surface area contributed by atoms with Gasteiger partial charge in [-0.25, -0.2) is 0 Å². The number of nitro groups is 2. The number of anilines is 2. The van der Waals surface area contributed by atoms with Crippen molar-refractivity contribution in [2.45, 2.75) is 96.4 Å². The van der Waals surface area contributed by atoms with E-state index in [0.717, 1.165) is 18.2 Å². The van der Waals surface area contributed by atoms with Crippen LogP contribution in [0.15, 0.2) is 82.8 Å². The van der Waals surface area contributed by atoms with Crippen molar-refractivity contribution in [1.29, 1.82) is 0 Å². The lowest BCUT2D eigenvalue weighted by molar-refractivity contribution is -0.393. The number of nitrogens with zero attached hydrogens (tertiary/aromatic N) is 4. The van der Waals surface area contributed by atoms with Gasteiger partial charge in [0.05, 0.1) is 34.6 Å². The summed E-state index contributed by atoms with van der Waals surface area (Å²) in [5, 5.41) is 46.4. The van der Waals surface area contributed by atoms with Crippen LogP contribution in [0.2, 0.25) is 0 Å². The summed E-state index contributed by atoms with van der Waals surface area (Å²) in [6.45, 7) is 5.69. The molecule has 0 spiro atoms. The van der Waals surface area contributed by atoms with Crippen LogP contribution in [0.5, 0.6) is 0 Å². The Kier molecular flexibility index (Phi) is 27.2. The summed E-state index contributed by atoms with van der Waals surface area (Å²) >= 11 is 0. The number of non-ortho nitro benzene ring substituents is 1. The molecule has 0 bridgehead atoms. The molecule has 19 N–H and O–H groups in total. The molecule has 8 amide bonds. The highest BCUT2D eigenvalue weighted by atomic mass is 16.6. The molecule has 5 atom stereocenters. The summed E-state index contributed by atoms with van der Waals surface area (Å²) in [5.41, 5.74) is 27.9. The first-order valence-corrected chi connectivity index (χ1v) is 25.9. The van der Waals surface area contributed by atoms with Gasteiger partial charge in [-0.15, -0.1) is 0 Å². The fourth-order valence-electron chi connectivity index (χ4n) is 7.79. The number of nitrogen functional groups attached to an aromatic ring is 1. The van der Waals surface area contributed by atoms with Gasteiger partial charge in [0.2, 0.25) is 41.4 Å². The quantitative estimate of drug-likeness (QED) is 0.00820. The molecule has 0 aromatic heterocycles. The van der Waals surface area contributed by atoms with Gasteiger partial charge < -0.3 is 76.5 Å². The first kappa shape index (κ1) is 65.6. The van der Waals surface area contributed by atoms with Crippen LogP contribution < -0.4 is 76.5 Å². The lowest BCUT2D eigenvalue weighted by Crippen LogP contribution is -2.60. The monoisotopic (exact) mass is 1130 g/mol. The Balaban J connectivity index is 1.82. The number of para-hydroxylation sites is 1. The molecule has 0 unspecified atom stereocenters. The Morgan fingerprint density at radius 2 is 1.12 bits per heavy atom. The maximum Gasteiger partial charge on any atom is 0.299 e. The Morgan fingerprint density at radius 3 is 1.68 bits per heavy atom. The van der Waals surface area contributed by atoms with Crippen molar-refractivity contribution in [2.75, 3.05) is 50.3 Å². The average molecular weight is 1130 g/mol. The smallest absolute Gasteiger partial charge is 0.299 e. The number of nitrogens with one attached hydrogen (secondary N) is 9. The number of nitrogens with two attached hydrogens (primary N) is 5. The van der Waals surface area contributed by atoms with E-state index in [1.165, 1.54) is 12.1 Å². The third-order valence-corrected chi connectivity index (χ3v) is 11.9. The number of benzene rings is 3. The van der Waals surface area contributed by atoms with Crippen LogP contribution in [0.25, 0.3) is 0 Å². The Bertz CT molecular complexity index is 2730. The van der Waals surface area contributed by atoms with Gasteiger partial charge in [-0.3, -0.25) is 68.6 Å². The number of hydrogen-bond acceptors (Lipinski definition) is 16. The average Bonchev–Trinajstić information content (AvgIpc) is 3.40. The van der Waals surface area contributed by atoms with E-state index < -0.39 is 118 Å². The second-order valence-electron chi connectivity index (χ2n) is 19.2. The first-order valence-electron chi connectivity index (χ1n) is 25.9. The summed E-state index contributed by atoms with van der Waals surface area (Å²) in [5.74, 6) is -7.21. The van der Waals surface area contributed by atoms with E-state index in [4.69, 9.17) is 28.7 Å². The van der Waals surface area contributed by atoms with E-state index in [1.807, 2.05) is 0 Å². The molecule has 30 nitrogen and oxygen atoms in total. The van der Waals surface area contributed by atoms with Gasteiger partial charge >= 0.3 is 0 Å². The van der Waals surface area contributed by atoms with Crippen molar-refractivity contribution >= 4 is 81.9 Å². The summed E-state index contributed by atoms with van der Waals surface area (Å²) in [6, 6.07) is 11.4. The predicted molar refractivity (Wildman–Crippen MR) is 301 cm³/mol. The lowest BCUT2D eigenvalue weighted by Gasteiger charge is -2.28. The molecule has 440 valence electrons. The molecule has 3 rings (SSSR count). The molecule has 0 aliphatic heterocycles. The van der Waals surface area contributed by atoms with Crippen LogP contribution in [0.3, 0.4) is 0 Å². The van der Waals surface area contributed by atoms with Crippen LogP contribution in [0.4, 0.5) is 22.7 Å². The molecule has 0 saturated carbocycles. The Labute approximate surface area is 467 Å². The van der Waals surface area contributed by atoms with Crippen molar-refractivity contribution in [1.82, 2.24) is 42.5 Å². The van der Waals surface area contributed by atoms with Gasteiger partial charge in [0.15, 0.2) is 11.9 Å². The van der Waals surface area contributed by atoms with Crippen molar-refractivity contribution in [3.63, 3.8) is 0 Å². The number of carbonyl (C=O) groups excluding carboxylic acids is 8. The zero-order valence-corrected chi connectivity index (χ0v) is 45.5. The molecule has 30 heteroatoms.